The molecule has 138 valence electrons. The average Bonchev–Trinajstić information content (AvgIpc) is 2.71. The molecule has 1 saturated heterocycles. The van der Waals surface area contributed by atoms with Crippen molar-refractivity contribution in [3.05, 3.63) is 28.2 Å². The van der Waals surface area contributed by atoms with Gasteiger partial charge in [-0.25, -0.2) is 4.68 Å². The van der Waals surface area contributed by atoms with Crippen LogP contribution in [-0.4, -0.2) is 45.6 Å². The molecule has 0 radical (unpaired) electrons. The molecule has 1 aliphatic rings. The Balaban J connectivity index is 1.88. The molecule has 0 aliphatic carbocycles. The van der Waals surface area contributed by atoms with Crippen molar-refractivity contribution in [2.75, 3.05) is 13.1 Å². The van der Waals surface area contributed by atoms with Gasteiger partial charge in [-0.15, -0.1) is 0 Å². The summed E-state index contributed by atoms with van der Waals surface area (Å²) < 4.78 is 1.17. The lowest BCUT2D eigenvalue weighted by molar-refractivity contribution is -0.131. The highest BCUT2D eigenvalue weighted by atomic mass is 16.2. The first kappa shape index (κ1) is 19.1. The van der Waals surface area contributed by atoms with E-state index in [0.29, 0.717) is 31.0 Å². The molecule has 1 aliphatic heterocycles. The van der Waals surface area contributed by atoms with Gasteiger partial charge in [-0.3, -0.25) is 14.4 Å². The molecule has 1 unspecified atom stereocenters. The van der Waals surface area contributed by atoms with E-state index in [1.807, 2.05) is 4.90 Å². The molecular formula is C18H28N4O3. The molecule has 1 aromatic rings. The Morgan fingerprint density at radius 1 is 1.32 bits per heavy atom. The van der Waals surface area contributed by atoms with Crippen molar-refractivity contribution in [3.8, 4) is 0 Å². The number of hydrogen-bond acceptors (Lipinski definition) is 4. The van der Waals surface area contributed by atoms with E-state index in [4.69, 9.17) is 0 Å². The third-order valence-corrected chi connectivity index (χ3v) is 4.44. The SMILES string of the molecule is Cc1ccc(=O)n(CC(=O)NC2CCC(=O)N(CCC(C)C)CC2)n1. The number of aryl methyl sites for hydroxylation is 1. The van der Waals surface area contributed by atoms with Gasteiger partial charge < -0.3 is 10.2 Å². The van der Waals surface area contributed by atoms with Gasteiger partial charge in [0.05, 0.1) is 5.69 Å². The molecule has 7 heteroatoms. The summed E-state index contributed by atoms with van der Waals surface area (Å²) in [4.78, 5) is 38.1. The van der Waals surface area contributed by atoms with E-state index < -0.39 is 0 Å². The van der Waals surface area contributed by atoms with Gasteiger partial charge in [0.15, 0.2) is 0 Å². The number of aromatic nitrogens is 2. The topological polar surface area (TPSA) is 84.3 Å². The molecule has 0 aromatic carbocycles. The lowest BCUT2D eigenvalue weighted by Gasteiger charge is -2.22. The number of amides is 2. The highest BCUT2D eigenvalue weighted by Crippen LogP contribution is 2.14. The van der Waals surface area contributed by atoms with Crippen molar-refractivity contribution in [3.63, 3.8) is 0 Å². The summed E-state index contributed by atoms with van der Waals surface area (Å²) in [6, 6.07) is 2.99. The zero-order chi connectivity index (χ0) is 18.4. The van der Waals surface area contributed by atoms with Crippen molar-refractivity contribution in [1.82, 2.24) is 20.0 Å². The molecule has 1 N–H and O–H groups in total. The third-order valence-electron chi connectivity index (χ3n) is 4.44. The third kappa shape index (κ3) is 5.99. The van der Waals surface area contributed by atoms with E-state index in [2.05, 4.69) is 24.3 Å². The quantitative estimate of drug-likeness (QED) is 0.834. The van der Waals surface area contributed by atoms with Crippen molar-refractivity contribution in [2.45, 2.75) is 59.0 Å². The maximum atomic E-state index is 12.2. The second-order valence-corrected chi connectivity index (χ2v) is 7.13. The summed E-state index contributed by atoms with van der Waals surface area (Å²) in [7, 11) is 0. The van der Waals surface area contributed by atoms with Crippen LogP contribution >= 0.6 is 0 Å². The zero-order valence-electron chi connectivity index (χ0n) is 15.3. The molecular weight excluding hydrogens is 320 g/mol. The number of hydrogen-bond donors (Lipinski definition) is 1. The van der Waals surface area contributed by atoms with Crippen molar-refractivity contribution in [2.24, 2.45) is 5.92 Å². The van der Waals surface area contributed by atoms with Gasteiger partial charge in [0.1, 0.15) is 6.54 Å². The largest absolute Gasteiger partial charge is 0.352 e. The molecule has 1 fully saturated rings. The number of nitrogens with one attached hydrogen (secondary N) is 1. The van der Waals surface area contributed by atoms with Crippen LogP contribution in [0.1, 0.15) is 45.2 Å². The molecule has 0 spiro atoms. The minimum Gasteiger partial charge on any atom is -0.352 e. The summed E-state index contributed by atoms with van der Waals surface area (Å²) in [6.45, 7) is 7.41. The molecule has 1 aromatic heterocycles. The van der Waals surface area contributed by atoms with Gasteiger partial charge >= 0.3 is 0 Å². The minimum atomic E-state index is -0.295. The first-order valence-corrected chi connectivity index (χ1v) is 8.97. The number of nitrogens with zero attached hydrogens (tertiary/aromatic N) is 3. The lowest BCUT2D eigenvalue weighted by Crippen LogP contribution is -2.40. The summed E-state index contributed by atoms with van der Waals surface area (Å²) in [5.74, 6) is 0.481. The first-order chi connectivity index (χ1) is 11.8. The molecule has 7 nitrogen and oxygen atoms in total. The van der Waals surface area contributed by atoms with Gasteiger partial charge in [-0.05, 0) is 38.2 Å². The van der Waals surface area contributed by atoms with Gasteiger partial charge in [-0.2, -0.15) is 5.10 Å². The van der Waals surface area contributed by atoms with Gasteiger partial charge in [0, 0.05) is 31.6 Å². The fraction of sp³-hybridized carbons (Fsp3) is 0.667. The fourth-order valence-electron chi connectivity index (χ4n) is 2.90. The van der Waals surface area contributed by atoms with Gasteiger partial charge in [0.25, 0.3) is 5.56 Å². The maximum Gasteiger partial charge on any atom is 0.267 e. The molecule has 0 saturated carbocycles. The average molecular weight is 348 g/mol. The van der Waals surface area contributed by atoms with Crippen molar-refractivity contribution < 1.29 is 9.59 Å². The normalized spacial score (nSPS) is 18.3. The Labute approximate surface area is 148 Å². The molecule has 1 atom stereocenters. The van der Waals surface area contributed by atoms with Gasteiger partial charge in [-0.1, -0.05) is 13.8 Å². The smallest absolute Gasteiger partial charge is 0.267 e. The fourth-order valence-corrected chi connectivity index (χ4v) is 2.90. The molecule has 2 rings (SSSR count). The number of likely N-dealkylation sites (tertiary alicyclic amines) is 1. The van der Waals surface area contributed by atoms with E-state index in [1.54, 1.807) is 13.0 Å². The van der Waals surface area contributed by atoms with E-state index in [9.17, 15) is 14.4 Å². The monoisotopic (exact) mass is 348 g/mol. The van der Waals surface area contributed by atoms with E-state index in [-0.39, 0.29) is 30.0 Å². The predicted molar refractivity (Wildman–Crippen MR) is 95.1 cm³/mol. The standard InChI is InChI=1S/C18H28N4O3/c1-13(2)8-10-21-11-9-15(5-7-17(21)24)19-16(23)12-22-18(25)6-4-14(3)20-22/h4,6,13,15H,5,7-12H2,1-3H3,(H,19,23). The first-order valence-electron chi connectivity index (χ1n) is 8.97. The van der Waals surface area contributed by atoms with E-state index in [0.717, 1.165) is 19.4 Å². The molecule has 2 heterocycles. The maximum absolute atomic E-state index is 12.2. The van der Waals surface area contributed by atoms with Gasteiger partial charge in [0.2, 0.25) is 11.8 Å². The Morgan fingerprint density at radius 2 is 2.08 bits per heavy atom. The highest BCUT2D eigenvalue weighted by Gasteiger charge is 2.23. The van der Waals surface area contributed by atoms with Crippen LogP contribution in [0.25, 0.3) is 0 Å². The molecule has 25 heavy (non-hydrogen) atoms. The van der Waals surface area contributed by atoms with Crippen LogP contribution in [0.5, 0.6) is 0 Å². The van der Waals surface area contributed by atoms with Crippen LogP contribution < -0.4 is 10.9 Å². The Bertz CT molecular complexity index is 669. The second-order valence-electron chi connectivity index (χ2n) is 7.13. The predicted octanol–water partition coefficient (Wildman–Crippen LogP) is 1.10. The number of carbonyl (C=O) groups is 2. The van der Waals surface area contributed by atoms with E-state index in [1.165, 1.54) is 10.7 Å². The number of rotatable bonds is 6. The summed E-state index contributed by atoms with van der Waals surface area (Å²) >= 11 is 0. The summed E-state index contributed by atoms with van der Waals surface area (Å²) in [6.07, 6.45) is 2.82. The van der Waals surface area contributed by atoms with Crippen LogP contribution in [-0.2, 0) is 16.1 Å². The van der Waals surface area contributed by atoms with E-state index >= 15 is 0 Å². The highest BCUT2D eigenvalue weighted by molar-refractivity contribution is 5.78. The van der Waals surface area contributed by atoms with Crippen LogP contribution in [0.15, 0.2) is 16.9 Å². The molecule has 0 bridgehead atoms. The Morgan fingerprint density at radius 3 is 2.80 bits per heavy atom. The van der Waals surface area contributed by atoms with Crippen LogP contribution in [0.4, 0.5) is 0 Å². The minimum absolute atomic E-state index is 0.0407. The summed E-state index contributed by atoms with van der Waals surface area (Å²) in [5, 5.41) is 7.01. The number of carbonyl (C=O) groups excluding carboxylic acids is 2. The Hall–Kier alpha value is -2.18. The second kappa shape index (κ2) is 8.78. The van der Waals surface area contributed by atoms with Crippen LogP contribution in [0.2, 0.25) is 0 Å². The molecule has 2 amide bonds. The summed E-state index contributed by atoms with van der Waals surface area (Å²) in [5.41, 5.74) is 0.393. The van der Waals surface area contributed by atoms with Crippen LogP contribution in [0, 0.1) is 12.8 Å². The Kier molecular flexibility index (Phi) is 6.73. The zero-order valence-corrected chi connectivity index (χ0v) is 15.3. The van der Waals surface area contributed by atoms with Crippen molar-refractivity contribution in [1.29, 1.82) is 0 Å². The lowest BCUT2D eigenvalue weighted by atomic mass is 10.1. The van der Waals surface area contributed by atoms with Crippen molar-refractivity contribution >= 4 is 11.8 Å². The van der Waals surface area contributed by atoms with Crippen LogP contribution in [0.3, 0.4) is 0 Å².